The zero-order valence-corrected chi connectivity index (χ0v) is 18.8. The van der Waals surface area contributed by atoms with Crippen molar-refractivity contribution in [2.45, 2.75) is 45.4 Å². The maximum Gasteiger partial charge on any atom is 0.140 e. The van der Waals surface area contributed by atoms with Crippen LogP contribution in [0.15, 0.2) is 72.8 Å². The molecule has 0 saturated carbocycles. The Morgan fingerprint density at radius 1 is 0.839 bits per heavy atom. The van der Waals surface area contributed by atoms with Gasteiger partial charge >= 0.3 is 0 Å². The number of aryl methyl sites for hydroxylation is 2. The van der Waals surface area contributed by atoms with Crippen molar-refractivity contribution in [2.24, 2.45) is 0 Å². The van der Waals surface area contributed by atoms with E-state index in [2.05, 4.69) is 67.3 Å². The Hall–Kier alpha value is -2.82. The van der Waals surface area contributed by atoms with Gasteiger partial charge in [0.05, 0.1) is 5.56 Å². The van der Waals surface area contributed by atoms with Crippen LogP contribution in [-0.2, 0) is 12.8 Å². The molecule has 0 bridgehead atoms. The zero-order chi connectivity index (χ0) is 21.9. The fourth-order valence-corrected chi connectivity index (χ4v) is 3.46. The predicted molar refractivity (Wildman–Crippen MR) is 131 cm³/mol. The van der Waals surface area contributed by atoms with E-state index in [1.54, 1.807) is 12.1 Å². The molecule has 2 heteroatoms. The molecule has 3 aromatic rings. The molecule has 0 unspecified atom stereocenters. The standard InChI is InChI=1S/C29H28ClF/c1-2-3-4-5-6-7-23-8-10-24(11-9-23)12-13-25-14-16-26(17-15-25)18-19-27-20-21-28(30)22-29(27)31/h6-11,14-17,20-22H,2-5,12-13H2,1H3/b7-6+. The van der Waals surface area contributed by atoms with Crippen molar-refractivity contribution in [2.75, 3.05) is 0 Å². The number of allylic oxidation sites excluding steroid dienone is 1. The smallest absolute Gasteiger partial charge is 0.140 e. The normalized spacial score (nSPS) is 10.8. The third kappa shape index (κ3) is 7.74. The molecule has 0 aliphatic rings. The third-order valence-corrected chi connectivity index (χ3v) is 5.43. The van der Waals surface area contributed by atoms with Gasteiger partial charge in [-0.1, -0.05) is 91.8 Å². The van der Waals surface area contributed by atoms with Crippen LogP contribution in [0.4, 0.5) is 4.39 Å². The summed E-state index contributed by atoms with van der Waals surface area (Å²) in [5, 5.41) is 0.376. The Morgan fingerprint density at radius 2 is 1.52 bits per heavy atom. The van der Waals surface area contributed by atoms with Crippen LogP contribution in [0.1, 0.15) is 60.4 Å². The second-order valence-electron chi connectivity index (χ2n) is 7.71. The number of hydrogen-bond acceptors (Lipinski definition) is 0. The van der Waals surface area contributed by atoms with E-state index in [-0.39, 0.29) is 0 Å². The van der Waals surface area contributed by atoms with Gasteiger partial charge in [-0.25, -0.2) is 4.39 Å². The summed E-state index contributed by atoms with van der Waals surface area (Å²) in [5.74, 6) is 5.50. The lowest BCUT2D eigenvalue weighted by atomic mass is 10.0. The molecule has 0 aliphatic carbocycles. The molecule has 0 aromatic heterocycles. The van der Waals surface area contributed by atoms with Crippen LogP contribution >= 0.6 is 11.6 Å². The van der Waals surface area contributed by atoms with Crippen LogP contribution in [-0.4, -0.2) is 0 Å². The first-order chi connectivity index (χ1) is 15.1. The molecule has 3 aromatic carbocycles. The van der Waals surface area contributed by atoms with Crippen LogP contribution in [0, 0.1) is 17.7 Å². The number of halogens is 2. The number of hydrogen-bond donors (Lipinski definition) is 0. The molecule has 0 aliphatic heterocycles. The average molecular weight is 431 g/mol. The van der Waals surface area contributed by atoms with E-state index in [4.69, 9.17) is 11.6 Å². The van der Waals surface area contributed by atoms with Gasteiger partial charge in [0.1, 0.15) is 5.82 Å². The molecular formula is C29H28ClF. The lowest BCUT2D eigenvalue weighted by molar-refractivity contribution is 0.624. The molecule has 0 radical (unpaired) electrons. The molecule has 3 rings (SSSR count). The van der Waals surface area contributed by atoms with Gasteiger partial charge in [-0.2, -0.15) is 0 Å². The molecule has 0 saturated heterocycles. The van der Waals surface area contributed by atoms with Gasteiger partial charge in [0.15, 0.2) is 0 Å². The summed E-state index contributed by atoms with van der Waals surface area (Å²) in [6.45, 7) is 2.23. The summed E-state index contributed by atoms with van der Waals surface area (Å²) >= 11 is 5.78. The number of rotatable bonds is 8. The molecule has 0 N–H and O–H groups in total. The van der Waals surface area contributed by atoms with Gasteiger partial charge in [0, 0.05) is 10.6 Å². The highest BCUT2D eigenvalue weighted by atomic mass is 35.5. The Morgan fingerprint density at radius 3 is 2.16 bits per heavy atom. The summed E-state index contributed by atoms with van der Waals surface area (Å²) in [6, 6.07) is 21.5. The fraction of sp³-hybridized carbons (Fsp3) is 0.241. The van der Waals surface area contributed by atoms with Gasteiger partial charge in [-0.05, 0) is 72.7 Å². The van der Waals surface area contributed by atoms with Crippen molar-refractivity contribution < 1.29 is 4.39 Å². The van der Waals surface area contributed by atoms with E-state index in [0.29, 0.717) is 10.6 Å². The van der Waals surface area contributed by atoms with Crippen LogP contribution < -0.4 is 0 Å². The summed E-state index contributed by atoms with van der Waals surface area (Å²) < 4.78 is 13.8. The first-order valence-corrected chi connectivity index (χ1v) is 11.3. The van der Waals surface area contributed by atoms with E-state index >= 15 is 0 Å². The van der Waals surface area contributed by atoms with Crippen molar-refractivity contribution in [3.05, 3.63) is 111 Å². The molecule has 31 heavy (non-hydrogen) atoms. The van der Waals surface area contributed by atoms with E-state index < -0.39 is 5.82 Å². The quantitative estimate of drug-likeness (QED) is 0.249. The van der Waals surface area contributed by atoms with Gasteiger partial charge in [-0.3, -0.25) is 0 Å². The largest absolute Gasteiger partial charge is 0.206 e. The second kappa shape index (κ2) is 12.1. The first-order valence-electron chi connectivity index (χ1n) is 11.0. The highest BCUT2D eigenvalue weighted by Gasteiger charge is 2.00. The highest BCUT2D eigenvalue weighted by Crippen LogP contribution is 2.15. The summed E-state index contributed by atoms with van der Waals surface area (Å²) in [7, 11) is 0. The third-order valence-electron chi connectivity index (χ3n) is 5.19. The van der Waals surface area contributed by atoms with Gasteiger partial charge in [0.2, 0.25) is 0 Å². The van der Waals surface area contributed by atoms with Gasteiger partial charge < -0.3 is 0 Å². The Bertz CT molecular complexity index is 1050. The number of unbranched alkanes of at least 4 members (excludes halogenated alkanes) is 3. The van der Waals surface area contributed by atoms with E-state index in [0.717, 1.165) is 24.8 Å². The van der Waals surface area contributed by atoms with Crippen LogP contribution in [0.25, 0.3) is 6.08 Å². The Kier molecular flexibility index (Phi) is 8.95. The highest BCUT2D eigenvalue weighted by molar-refractivity contribution is 6.30. The van der Waals surface area contributed by atoms with E-state index in [1.165, 1.54) is 42.0 Å². The Balaban J connectivity index is 1.51. The summed E-state index contributed by atoms with van der Waals surface area (Å²) in [4.78, 5) is 0. The monoisotopic (exact) mass is 430 g/mol. The minimum absolute atomic E-state index is 0.354. The van der Waals surface area contributed by atoms with Gasteiger partial charge in [-0.15, -0.1) is 0 Å². The lowest BCUT2D eigenvalue weighted by Crippen LogP contribution is -1.91. The zero-order valence-electron chi connectivity index (χ0n) is 18.0. The molecule has 0 heterocycles. The predicted octanol–water partition coefficient (Wildman–Crippen LogP) is 8.26. The van der Waals surface area contributed by atoms with E-state index in [9.17, 15) is 4.39 Å². The summed E-state index contributed by atoms with van der Waals surface area (Å²) in [5.41, 5.74) is 5.09. The van der Waals surface area contributed by atoms with Crippen molar-refractivity contribution in [1.82, 2.24) is 0 Å². The molecule has 0 nitrogen and oxygen atoms in total. The van der Waals surface area contributed by atoms with Crippen LogP contribution in [0.2, 0.25) is 5.02 Å². The fourth-order valence-electron chi connectivity index (χ4n) is 3.30. The van der Waals surface area contributed by atoms with Crippen LogP contribution in [0.5, 0.6) is 0 Å². The van der Waals surface area contributed by atoms with Gasteiger partial charge in [0.25, 0.3) is 0 Å². The molecule has 0 fully saturated rings. The SMILES string of the molecule is CCCCC/C=C/c1ccc(CCc2ccc(C#Cc3ccc(Cl)cc3F)cc2)cc1. The van der Waals surface area contributed by atoms with Crippen LogP contribution in [0.3, 0.4) is 0 Å². The minimum atomic E-state index is -0.394. The van der Waals surface area contributed by atoms with Crippen molar-refractivity contribution in [3.63, 3.8) is 0 Å². The molecular weight excluding hydrogens is 403 g/mol. The lowest BCUT2D eigenvalue weighted by Gasteiger charge is -2.04. The first kappa shape index (κ1) is 22.9. The van der Waals surface area contributed by atoms with E-state index in [1.807, 2.05) is 12.1 Å². The van der Waals surface area contributed by atoms with Crippen molar-refractivity contribution >= 4 is 17.7 Å². The van der Waals surface area contributed by atoms with Crippen molar-refractivity contribution in [3.8, 4) is 11.8 Å². The second-order valence-corrected chi connectivity index (χ2v) is 8.15. The topological polar surface area (TPSA) is 0 Å². The Labute approximate surface area is 190 Å². The molecule has 0 atom stereocenters. The van der Waals surface area contributed by atoms with Crippen molar-refractivity contribution in [1.29, 1.82) is 0 Å². The summed E-state index contributed by atoms with van der Waals surface area (Å²) in [6.07, 6.45) is 11.5. The maximum atomic E-state index is 13.8. The molecule has 0 amide bonds. The minimum Gasteiger partial charge on any atom is -0.206 e. The number of benzene rings is 3. The average Bonchev–Trinajstić information content (AvgIpc) is 2.78. The molecule has 158 valence electrons. The molecule has 0 spiro atoms. The maximum absolute atomic E-state index is 13.8.